The van der Waals surface area contributed by atoms with Crippen molar-refractivity contribution in [3.8, 4) is 0 Å². The van der Waals surface area contributed by atoms with Gasteiger partial charge in [0.1, 0.15) is 11.6 Å². The number of benzene rings is 1. The van der Waals surface area contributed by atoms with E-state index in [1.165, 1.54) is 12.1 Å². The van der Waals surface area contributed by atoms with Crippen molar-refractivity contribution < 1.29 is 22.4 Å². The molecule has 9 heteroatoms. The molecule has 0 unspecified atom stereocenters. The molecule has 1 amide bonds. The van der Waals surface area contributed by atoms with E-state index in [0.29, 0.717) is 36.9 Å². The molecule has 3 rings (SSSR count). The third-order valence-corrected chi connectivity index (χ3v) is 5.25. The number of nitrogens with zero attached hydrogens (tertiary/aromatic N) is 3. The Morgan fingerprint density at radius 2 is 1.78 bits per heavy atom. The number of alkyl halides is 3. The average molecular weight is 399 g/mol. The van der Waals surface area contributed by atoms with Gasteiger partial charge < -0.3 is 9.80 Å². The second kappa shape index (κ2) is 8.16. The first kappa shape index (κ1) is 19.5. The lowest BCUT2D eigenvalue weighted by molar-refractivity contribution is -0.137. The number of hydrogen-bond donors (Lipinski definition) is 0. The number of aromatic nitrogens is 1. The van der Waals surface area contributed by atoms with Crippen LogP contribution < -0.4 is 4.90 Å². The third-order valence-electron chi connectivity index (χ3n) is 4.22. The fraction of sp³-hybridized carbons (Fsp3) is 0.333. The molecule has 1 fully saturated rings. The number of amides is 1. The second-order valence-electron chi connectivity index (χ2n) is 5.99. The van der Waals surface area contributed by atoms with Crippen LogP contribution in [0.25, 0.3) is 0 Å². The monoisotopic (exact) mass is 399 g/mol. The van der Waals surface area contributed by atoms with Crippen LogP contribution in [0.5, 0.6) is 0 Å². The number of thioether (sulfide) groups is 1. The molecule has 0 bridgehead atoms. The molecule has 0 radical (unpaired) electrons. The molecule has 1 aliphatic rings. The van der Waals surface area contributed by atoms with E-state index in [0.717, 1.165) is 24.0 Å². The van der Waals surface area contributed by atoms with Crippen LogP contribution in [0.1, 0.15) is 5.56 Å². The van der Waals surface area contributed by atoms with Crippen LogP contribution in [-0.4, -0.2) is 47.7 Å². The first-order valence-electron chi connectivity index (χ1n) is 8.28. The van der Waals surface area contributed by atoms with Crippen molar-refractivity contribution in [1.82, 2.24) is 9.88 Å². The van der Waals surface area contributed by atoms with Crippen molar-refractivity contribution in [3.05, 3.63) is 54.0 Å². The summed E-state index contributed by atoms with van der Waals surface area (Å²) in [6.45, 7) is 1.85. The average Bonchev–Trinajstić information content (AvgIpc) is 2.67. The Kier molecular flexibility index (Phi) is 5.88. The number of piperazine rings is 1. The molecule has 144 valence electrons. The Balaban J connectivity index is 1.51. The fourth-order valence-corrected chi connectivity index (χ4v) is 3.56. The van der Waals surface area contributed by atoms with Gasteiger partial charge in [-0.25, -0.2) is 9.37 Å². The number of carbonyl (C=O) groups excluding carboxylic acids is 1. The van der Waals surface area contributed by atoms with Crippen molar-refractivity contribution in [1.29, 1.82) is 0 Å². The first-order valence-corrected chi connectivity index (χ1v) is 9.26. The molecule has 0 spiro atoms. The Morgan fingerprint density at radius 3 is 2.37 bits per heavy atom. The summed E-state index contributed by atoms with van der Waals surface area (Å²) in [5.41, 5.74) is -0.787. The maximum Gasteiger partial charge on any atom is 0.417 e. The zero-order valence-electron chi connectivity index (χ0n) is 14.2. The fourth-order valence-electron chi connectivity index (χ4n) is 2.72. The molecule has 1 aromatic carbocycles. The Morgan fingerprint density at radius 1 is 1.07 bits per heavy atom. The maximum absolute atomic E-state index is 13.6. The summed E-state index contributed by atoms with van der Waals surface area (Å²) in [6, 6.07) is 8.63. The van der Waals surface area contributed by atoms with Crippen LogP contribution in [0.3, 0.4) is 0 Å². The van der Waals surface area contributed by atoms with Crippen LogP contribution in [-0.2, 0) is 11.0 Å². The van der Waals surface area contributed by atoms with E-state index in [1.54, 1.807) is 23.1 Å². The standard InChI is InChI=1S/C18H17F4N3OS/c19-14-3-1-2-4-15(14)27-12-17(26)25-9-7-24(8-10-25)16-6-5-13(11-23-16)18(20,21)22/h1-6,11H,7-10,12H2. The molecule has 0 aliphatic carbocycles. The SMILES string of the molecule is O=C(CSc1ccccc1F)N1CCN(c2ccc(C(F)(F)F)cn2)CC1. The summed E-state index contributed by atoms with van der Waals surface area (Å²) in [4.78, 5) is 20.1. The number of pyridine rings is 1. The second-order valence-corrected chi connectivity index (χ2v) is 7.01. The van der Waals surface area contributed by atoms with E-state index in [2.05, 4.69) is 4.98 Å². The molecule has 1 aromatic heterocycles. The molecule has 2 heterocycles. The van der Waals surface area contributed by atoms with Gasteiger partial charge in [-0.15, -0.1) is 11.8 Å². The zero-order valence-corrected chi connectivity index (χ0v) is 15.1. The molecular weight excluding hydrogens is 382 g/mol. The van der Waals surface area contributed by atoms with E-state index in [1.807, 2.05) is 4.90 Å². The first-order chi connectivity index (χ1) is 12.8. The zero-order chi connectivity index (χ0) is 19.4. The van der Waals surface area contributed by atoms with Crippen molar-refractivity contribution in [2.45, 2.75) is 11.1 Å². The topological polar surface area (TPSA) is 36.4 Å². The smallest absolute Gasteiger partial charge is 0.353 e. The lowest BCUT2D eigenvalue weighted by atomic mass is 10.2. The van der Waals surface area contributed by atoms with E-state index in [4.69, 9.17) is 0 Å². The summed E-state index contributed by atoms with van der Waals surface area (Å²) in [7, 11) is 0. The molecular formula is C18H17F4N3OS. The van der Waals surface area contributed by atoms with Crippen LogP contribution >= 0.6 is 11.8 Å². The predicted molar refractivity (Wildman–Crippen MR) is 95.2 cm³/mol. The highest BCUT2D eigenvalue weighted by molar-refractivity contribution is 8.00. The Labute approximate surface area is 158 Å². The quantitative estimate of drug-likeness (QED) is 0.581. The lowest BCUT2D eigenvalue weighted by Gasteiger charge is -2.35. The summed E-state index contributed by atoms with van der Waals surface area (Å²) >= 11 is 1.15. The van der Waals surface area contributed by atoms with Gasteiger partial charge in [0.25, 0.3) is 0 Å². The highest BCUT2D eigenvalue weighted by Crippen LogP contribution is 2.29. The number of carbonyl (C=O) groups is 1. The van der Waals surface area contributed by atoms with E-state index >= 15 is 0 Å². The molecule has 0 saturated carbocycles. The van der Waals surface area contributed by atoms with Crippen LogP contribution in [0.15, 0.2) is 47.5 Å². The molecule has 2 aromatic rings. The molecule has 1 aliphatic heterocycles. The largest absolute Gasteiger partial charge is 0.417 e. The van der Waals surface area contributed by atoms with E-state index in [-0.39, 0.29) is 17.5 Å². The summed E-state index contributed by atoms with van der Waals surface area (Å²) in [6.07, 6.45) is -3.59. The summed E-state index contributed by atoms with van der Waals surface area (Å²) in [5.74, 6) is 0.145. The normalized spacial score (nSPS) is 15.1. The summed E-state index contributed by atoms with van der Waals surface area (Å²) < 4.78 is 51.4. The van der Waals surface area contributed by atoms with Gasteiger partial charge in [0.15, 0.2) is 0 Å². The summed E-state index contributed by atoms with van der Waals surface area (Å²) in [5, 5.41) is 0. The van der Waals surface area contributed by atoms with Crippen molar-refractivity contribution in [2.75, 3.05) is 36.8 Å². The minimum atomic E-state index is -4.41. The van der Waals surface area contributed by atoms with Crippen LogP contribution in [0.2, 0.25) is 0 Å². The van der Waals surface area contributed by atoms with Crippen LogP contribution in [0.4, 0.5) is 23.4 Å². The van der Waals surface area contributed by atoms with Gasteiger partial charge in [0, 0.05) is 37.3 Å². The molecule has 0 atom stereocenters. The third kappa shape index (κ3) is 4.91. The van der Waals surface area contributed by atoms with Gasteiger partial charge in [-0.05, 0) is 24.3 Å². The molecule has 0 N–H and O–H groups in total. The minimum Gasteiger partial charge on any atom is -0.353 e. The van der Waals surface area contributed by atoms with Gasteiger partial charge in [0.2, 0.25) is 5.91 Å². The molecule has 27 heavy (non-hydrogen) atoms. The highest BCUT2D eigenvalue weighted by Gasteiger charge is 2.31. The minimum absolute atomic E-state index is 0.0942. The molecule has 4 nitrogen and oxygen atoms in total. The lowest BCUT2D eigenvalue weighted by Crippen LogP contribution is -2.49. The number of rotatable bonds is 4. The van der Waals surface area contributed by atoms with Gasteiger partial charge in [0.05, 0.1) is 11.3 Å². The van der Waals surface area contributed by atoms with Gasteiger partial charge >= 0.3 is 6.18 Å². The van der Waals surface area contributed by atoms with E-state index < -0.39 is 11.7 Å². The van der Waals surface area contributed by atoms with Crippen molar-refractivity contribution >= 4 is 23.5 Å². The van der Waals surface area contributed by atoms with E-state index in [9.17, 15) is 22.4 Å². The highest BCUT2D eigenvalue weighted by atomic mass is 32.2. The van der Waals surface area contributed by atoms with Gasteiger partial charge in [-0.1, -0.05) is 12.1 Å². The number of hydrogen-bond acceptors (Lipinski definition) is 4. The van der Waals surface area contributed by atoms with Crippen molar-refractivity contribution in [2.24, 2.45) is 0 Å². The number of anilines is 1. The number of halogens is 4. The maximum atomic E-state index is 13.6. The van der Waals surface area contributed by atoms with Gasteiger partial charge in [-0.3, -0.25) is 4.79 Å². The molecule has 1 saturated heterocycles. The Hall–Kier alpha value is -2.29. The van der Waals surface area contributed by atoms with Gasteiger partial charge in [-0.2, -0.15) is 13.2 Å². The predicted octanol–water partition coefficient (Wildman–Crippen LogP) is 3.68. The van der Waals surface area contributed by atoms with Crippen molar-refractivity contribution in [3.63, 3.8) is 0 Å². The van der Waals surface area contributed by atoms with Crippen LogP contribution in [0, 0.1) is 5.82 Å². The Bertz CT molecular complexity index is 790.